The van der Waals surface area contributed by atoms with Crippen molar-refractivity contribution in [1.82, 2.24) is 9.55 Å². The van der Waals surface area contributed by atoms with Gasteiger partial charge in [-0.3, -0.25) is 4.79 Å². The van der Waals surface area contributed by atoms with Crippen molar-refractivity contribution < 1.29 is 18.0 Å². The predicted octanol–water partition coefficient (Wildman–Crippen LogP) is 4.74. The maximum atomic E-state index is 13.6. The van der Waals surface area contributed by atoms with Crippen molar-refractivity contribution in [2.24, 2.45) is 0 Å². The molecule has 2 aromatic carbocycles. The summed E-state index contributed by atoms with van der Waals surface area (Å²) in [5.41, 5.74) is 1.32. The number of hydrogen-bond donors (Lipinski definition) is 1. The van der Waals surface area contributed by atoms with Gasteiger partial charge in [0.2, 0.25) is 0 Å². The van der Waals surface area contributed by atoms with Crippen molar-refractivity contribution >= 4 is 11.6 Å². The van der Waals surface area contributed by atoms with Gasteiger partial charge < -0.3 is 9.88 Å². The number of nitrogens with zero attached hydrogens (tertiary/aromatic N) is 2. The minimum Gasteiger partial charge on any atom is -0.322 e. The number of aromatic nitrogens is 2. The molecular weight excluding hydrogens is 367 g/mol. The van der Waals surface area contributed by atoms with E-state index in [1.54, 1.807) is 19.1 Å². The number of anilines is 1. The van der Waals surface area contributed by atoms with Gasteiger partial charge in [0, 0.05) is 23.0 Å². The molecule has 4 nitrogen and oxygen atoms in total. The molecule has 142 valence electrons. The molecule has 1 amide bonds. The van der Waals surface area contributed by atoms with Crippen LogP contribution in [0.25, 0.3) is 5.69 Å². The van der Waals surface area contributed by atoms with Gasteiger partial charge in [-0.1, -0.05) is 12.0 Å². The third-order valence-electron chi connectivity index (χ3n) is 4.20. The molecule has 3 rings (SSSR count). The topological polar surface area (TPSA) is 46.9 Å². The first kappa shape index (κ1) is 19.2. The van der Waals surface area contributed by atoms with E-state index < -0.39 is 17.6 Å². The first-order valence-electron chi connectivity index (χ1n) is 8.30. The van der Waals surface area contributed by atoms with E-state index in [1.165, 1.54) is 35.3 Å². The number of nitrogens with one attached hydrogen (secondary N) is 1. The highest BCUT2D eigenvalue weighted by molar-refractivity contribution is 6.04. The molecule has 0 aliphatic heterocycles. The van der Waals surface area contributed by atoms with Crippen LogP contribution < -0.4 is 5.32 Å². The molecule has 0 radical (unpaired) electrons. The van der Waals surface area contributed by atoms with Gasteiger partial charge in [0.05, 0.1) is 23.3 Å². The summed E-state index contributed by atoms with van der Waals surface area (Å²) in [5.74, 6) is 1.93. The van der Waals surface area contributed by atoms with E-state index in [4.69, 9.17) is 6.42 Å². The molecule has 3 aromatic rings. The molecule has 0 fully saturated rings. The number of carbonyl (C=O) groups excluding carboxylic acids is 1. The van der Waals surface area contributed by atoms with Crippen LogP contribution in [0, 0.1) is 26.2 Å². The molecule has 7 heteroatoms. The van der Waals surface area contributed by atoms with Gasteiger partial charge in [-0.15, -0.1) is 6.42 Å². The normalized spacial score (nSPS) is 11.1. The summed E-state index contributed by atoms with van der Waals surface area (Å²) >= 11 is 0. The second kappa shape index (κ2) is 7.24. The molecule has 0 saturated heterocycles. The Labute approximate surface area is 160 Å². The average molecular weight is 383 g/mol. The molecule has 28 heavy (non-hydrogen) atoms. The van der Waals surface area contributed by atoms with E-state index in [1.807, 2.05) is 6.92 Å². The lowest BCUT2D eigenvalue weighted by atomic mass is 10.0. The lowest BCUT2D eigenvalue weighted by molar-refractivity contribution is -0.137. The van der Waals surface area contributed by atoms with Crippen LogP contribution in [0.3, 0.4) is 0 Å². The highest BCUT2D eigenvalue weighted by Gasteiger charge is 2.34. The number of hydrogen-bond acceptors (Lipinski definition) is 2. The Balaban J connectivity index is 1.95. The van der Waals surface area contributed by atoms with Gasteiger partial charge in [0.15, 0.2) is 0 Å². The lowest BCUT2D eigenvalue weighted by Gasteiger charge is -2.15. The number of amides is 1. The summed E-state index contributed by atoms with van der Waals surface area (Å²) < 4.78 is 42.0. The highest BCUT2D eigenvalue weighted by atomic mass is 19.4. The van der Waals surface area contributed by atoms with Gasteiger partial charge in [-0.2, -0.15) is 13.2 Å². The number of carbonyl (C=O) groups is 1. The minimum absolute atomic E-state index is 0.0285. The zero-order chi connectivity index (χ0) is 20.5. The monoisotopic (exact) mass is 383 g/mol. The Bertz CT molecular complexity index is 1090. The van der Waals surface area contributed by atoms with Crippen LogP contribution in [-0.2, 0) is 6.18 Å². The van der Waals surface area contributed by atoms with Crippen molar-refractivity contribution in [1.29, 1.82) is 0 Å². The average Bonchev–Trinajstić information content (AvgIpc) is 3.07. The summed E-state index contributed by atoms with van der Waals surface area (Å²) in [4.78, 5) is 16.4. The molecule has 1 aromatic heterocycles. The molecule has 0 bridgehead atoms. The second-order valence-electron chi connectivity index (χ2n) is 6.28. The van der Waals surface area contributed by atoms with E-state index in [0.29, 0.717) is 11.3 Å². The van der Waals surface area contributed by atoms with Gasteiger partial charge in [0.25, 0.3) is 5.91 Å². The Hall–Kier alpha value is -3.53. The quantitative estimate of drug-likeness (QED) is 0.664. The number of halogens is 3. The Kier molecular flexibility index (Phi) is 4.97. The molecule has 1 heterocycles. The summed E-state index contributed by atoms with van der Waals surface area (Å²) in [5, 5.41) is 2.49. The number of imidazole rings is 1. The Morgan fingerprint density at radius 2 is 1.93 bits per heavy atom. The van der Waals surface area contributed by atoms with Crippen molar-refractivity contribution in [2.75, 3.05) is 5.32 Å². The fourth-order valence-electron chi connectivity index (χ4n) is 2.74. The number of aryl methyl sites for hydroxylation is 2. The SMILES string of the molecule is C#Cc1cc(C(=O)Nc2ccc(-n3cnc(C)c3)c(C(F)(F)F)c2)ccc1C. The lowest BCUT2D eigenvalue weighted by Crippen LogP contribution is -2.15. The van der Waals surface area contributed by atoms with Crippen LogP contribution >= 0.6 is 0 Å². The molecular formula is C21H16F3N3O. The summed E-state index contributed by atoms with van der Waals surface area (Å²) in [6.45, 7) is 3.49. The summed E-state index contributed by atoms with van der Waals surface area (Å²) in [7, 11) is 0. The van der Waals surface area contributed by atoms with Crippen LogP contribution in [0.2, 0.25) is 0 Å². The maximum Gasteiger partial charge on any atom is 0.418 e. The predicted molar refractivity (Wildman–Crippen MR) is 100 cm³/mol. The Morgan fingerprint density at radius 1 is 1.18 bits per heavy atom. The molecule has 1 N–H and O–H groups in total. The molecule has 0 spiro atoms. The van der Waals surface area contributed by atoms with E-state index in [0.717, 1.165) is 11.6 Å². The third kappa shape index (κ3) is 3.91. The smallest absolute Gasteiger partial charge is 0.322 e. The van der Waals surface area contributed by atoms with Gasteiger partial charge >= 0.3 is 6.18 Å². The minimum atomic E-state index is -4.60. The van der Waals surface area contributed by atoms with Crippen LogP contribution in [0.15, 0.2) is 48.9 Å². The van der Waals surface area contributed by atoms with E-state index >= 15 is 0 Å². The zero-order valence-electron chi connectivity index (χ0n) is 15.1. The van der Waals surface area contributed by atoms with Crippen molar-refractivity contribution in [3.63, 3.8) is 0 Å². The maximum absolute atomic E-state index is 13.6. The molecule has 0 unspecified atom stereocenters. The Morgan fingerprint density at radius 3 is 2.54 bits per heavy atom. The third-order valence-corrected chi connectivity index (χ3v) is 4.20. The first-order chi connectivity index (χ1) is 13.2. The van der Waals surface area contributed by atoms with Crippen LogP contribution in [0.1, 0.15) is 32.7 Å². The van der Waals surface area contributed by atoms with E-state index in [9.17, 15) is 18.0 Å². The standard InChI is InChI=1S/C21H16F3N3O/c1-4-15-9-16(6-5-13(15)2)20(28)26-17-7-8-19(18(10-17)21(22,23)24)27-11-14(3)25-12-27/h1,5-12H,2-3H3,(H,26,28). The number of rotatable bonds is 3. The number of terminal acetylenes is 1. The van der Waals surface area contributed by atoms with Gasteiger partial charge in [0.1, 0.15) is 0 Å². The van der Waals surface area contributed by atoms with E-state index in [2.05, 4.69) is 16.2 Å². The molecule has 0 atom stereocenters. The molecule has 0 aliphatic rings. The van der Waals surface area contributed by atoms with E-state index in [-0.39, 0.29) is 16.9 Å². The fraction of sp³-hybridized carbons (Fsp3) is 0.143. The van der Waals surface area contributed by atoms with Crippen LogP contribution in [-0.4, -0.2) is 15.5 Å². The number of alkyl halides is 3. The van der Waals surface area contributed by atoms with Crippen molar-refractivity contribution in [3.8, 4) is 18.0 Å². The number of benzene rings is 2. The van der Waals surface area contributed by atoms with Crippen LogP contribution in [0.4, 0.5) is 18.9 Å². The summed E-state index contributed by atoms with van der Waals surface area (Å²) in [6, 6.07) is 8.39. The van der Waals surface area contributed by atoms with Crippen molar-refractivity contribution in [2.45, 2.75) is 20.0 Å². The first-order valence-corrected chi connectivity index (χ1v) is 8.30. The molecule has 0 saturated carbocycles. The summed E-state index contributed by atoms with van der Waals surface area (Å²) in [6.07, 6.45) is 3.60. The van der Waals surface area contributed by atoms with Crippen LogP contribution in [0.5, 0.6) is 0 Å². The van der Waals surface area contributed by atoms with Crippen molar-refractivity contribution in [3.05, 3.63) is 76.9 Å². The fourth-order valence-corrected chi connectivity index (χ4v) is 2.74. The van der Waals surface area contributed by atoms with Gasteiger partial charge in [-0.25, -0.2) is 4.98 Å². The zero-order valence-corrected chi connectivity index (χ0v) is 15.1. The highest BCUT2D eigenvalue weighted by Crippen LogP contribution is 2.35. The molecule has 0 aliphatic carbocycles. The van der Waals surface area contributed by atoms with Gasteiger partial charge in [-0.05, 0) is 49.7 Å². The second-order valence-corrected chi connectivity index (χ2v) is 6.28. The largest absolute Gasteiger partial charge is 0.418 e.